The van der Waals surface area contributed by atoms with Gasteiger partial charge in [-0.3, -0.25) is 14.9 Å². The van der Waals surface area contributed by atoms with E-state index in [-0.39, 0.29) is 18.2 Å². The standard InChI is InChI=1S/C11H12N2O5/c1-17-7-11(14)12-4-5-18-10-3-2-8(13(15)16)6-9(10)12/h2-3,6H,4-5,7H2,1H3. The summed E-state index contributed by atoms with van der Waals surface area (Å²) in [7, 11) is 1.42. The number of anilines is 1. The van der Waals surface area contributed by atoms with Crippen molar-refractivity contribution in [2.75, 3.05) is 31.8 Å². The van der Waals surface area contributed by atoms with Crippen molar-refractivity contribution in [3.05, 3.63) is 28.3 Å². The normalized spacial score (nSPS) is 13.7. The first-order valence-electron chi connectivity index (χ1n) is 5.34. The molecule has 7 nitrogen and oxygen atoms in total. The van der Waals surface area contributed by atoms with Gasteiger partial charge in [0.1, 0.15) is 19.0 Å². The van der Waals surface area contributed by atoms with Crippen LogP contribution in [0.15, 0.2) is 18.2 Å². The van der Waals surface area contributed by atoms with Crippen LogP contribution in [0.2, 0.25) is 0 Å². The zero-order chi connectivity index (χ0) is 13.1. The highest BCUT2D eigenvalue weighted by atomic mass is 16.6. The van der Waals surface area contributed by atoms with Crippen LogP contribution in [0.4, 0.5) is 11.4 Å². The van der Waals surface area contributed by atoms with E-state index in [9.17, 15) is 14.9 Å². The van der Waals surface area contributed by atoms with Gasteiger partial charge in [0.2, 0.25) is 0 Å². The van der Waals surface area contributed by atoms with E-state index >= 15 is 0 Å². The van der Waals surface area contributed by atoms with Crippen LogP contribution in [0.5, 0.6) is 5.75 Å². The van der Waals surface area contributed by atoms with E-state index in [0.29, 0.717) is 24.6 Å². The van der Waals surface area contributed by atoms with E-state index < -0.39 is 4.92 Å². The van der Waals surface area contributed by atoms with E-state index in [1.165, 1.54) is 30.2 Å². The molecule has 1 amide bonds. The third-order valence-corrected chi connectivity index (χ3v) is 2.59. The summed E-state index contributed by atoms with van der Waals surface area (Å²) in [5.41, 5.74) is 0.340. The maximum Gasteiger partial charge on any atom is 0.271 e. The van der Waals surface area contributed by atoms with Gasteiger partial charge >= 0.3 is 0 Å². The molecule has 0 N–H and O–H groups in total. The fourth-order valence-electron chi connectivity index (χ4n) is 1.78. The van der Waals surface area contributed by atoms with Crippen molar-refractivity contribution in [3.63, 3.8) is 0 Å². The third-order valence-electron chi connectivity index (χ3n) is 2.59. The molecular formula is C11H12N2O5. The van der Waals surface area contributed by atoms with Crippen molar-refractivity contribution >= 4 is 17.3 Å². The van der Waals surface area contributed by atoms with Gasteiger partial charge in [0.05, 0.1) is 17.2 Å². The summed E-state index contributed by atoms with van der Waals surface area (Å²) in [5.74, 6) is 0.221. The van der Waals surface area contributed by atoms with E-state index in [2.05, 4.69) is 0 Å². The quantitative estimate of drug-likeness (QED) is 0.591. The molecule has 0 aliphatic carbocycles. The molecular weight excluding hydrogens is 240 g/mol. The fourth-order valence-corrected chi connectivity index (χ4v) is 1.78. The minimum absolute atomic E-state index is 0.0673. The van der Waals surface area contributed by atoms with Crippen LogP contribution >= 0.6 is 0 Å². The molecule has 18 heavy (non-hydrogen) atoms. The molecule has 2 rings (SSSR count). The number of benzene rings is 1. The number of methoxy groups -OCH3 is 1. The van der Waals surface area contributed by atoms with Crippen LogP contribution in [0.3, 0.4) is 0 Å². The molecule has 1 heterocycles. The average molecular weight is 252 g/mol. The van der Waals surface area contributed by atoms with Gasteiger partial charge in [-0.15, -0.1) is 0 Å². The minimum atomic E-state index is -0.506. The Morgan fingerprint density at radius 1 is 1.61 bits per heavy atom. The van der Waals surface area contributed by atoms with Crippen LogP contribution in [0, 0.1) is 10.1 Å². The highest BCUT2D eigenvalue weighted by molar-refractivity contribution is 5.96. The van der Waals surface area contributed by atoms with E-state index in [1.54, 1.807) is 0 Å². The van der Waals surface area contributed by atoms with Gasteiger partial charge in [-0.2, -0.15) is 0 Å². The van der Waals surface area contributed by atoms with Crippen LogP contribution in [-0.4, -0.2) is 37.7 Å². The number of non-ortho nitro benzene ring substituents is 1. The molecule has 0 atom stereocenters. The Labute approximate surface area is 103 Å². The summed E-state index contributed by atoms with van der Waals surface area (Å²) in [4.78, 5) is 23.5. The van der Waals surface area contributed by atoms with Crippen LogP contribution in [-0.2, 0) is 9.53 Å². The SMILES string of the molecule is COCC(=O)N1CCOc2ccc([N+](=O)[O-])cc21. The Balaban J connectivity index is 2.37. The molecule has 1 aromatic rings. The number of nitro benzene ring substituents is 1. The van der Waals surface area contributed by atoms with Crippen molar-refractivity contribution in [1.29, 1.82) is 0 Å². The first-order chi connectivity index (χ1) is 8.63. The number of ether oxygens (including phenoxy) is 2. The summed E-state index contributed by atoms with van der Waals surface area (Å²) in [6.07, 6.45) is 0. The Kier molecular flexibility index (Phi) is 3.42. The molecule has 0 radical (unpaired) electrons. The van der Waals surface area contributed by atoms with Crippen LogP contribution in [0.25, 0.3) is 0 Å². The summed E-state index contributed by atoms with van der Waals surface area (Å²) in [5, 5.41) is 10.7. The van der Waals surface area contributed by atoms with Gasteiger partial charge < -0.3 is 14.4 Å². The molecule has 96 valence electrons. The molecule has 7 heteroatoms. The molecule has 0 saturated carbocycles. The number of rotatable bonds is 3. The largest absolute Gasteiger partial charge is 0.490 e. The van der Waals surface area contributed by atoms with Gasteiger partial charge in [-0.25, -0.2) is 0 Å². The molecule has 0 aromatic heterocycles. The smallest absolute Gasteiger partial charge is 0.271 e. The lowest BCUT2D eigenvalue weighted by molar-refractivity contribution is -0.384. The second kappa shape index (κ2) is 5.01. The first-order valence-corrected chi connectivity index (χ1v) is 5.34. The van der Waals surface area contributed by atoms with Crippen molar-refractivity contribution in [3.8, 4) is 5.75 Å². The number of hydrogen-bond donors (Lipinski definition) is 0. The number of carbonyl (C=O) groups excluding carboxylic acids is 1. The van der Waals surface area contributed by atoms with Gasteiger partial charge in [0, 0.05) is 19.2 Å². The van der Waals surface area contributed by atoms with Gasteiger partial charge in [0.15, 0.2) is 0 Å². The summed E-state index contributed by atoms with van der Waals surface area (Å²) >= 11 is 0. The number of nitrogens with zero attached hydrogens (tertiary/aromatic N) is 2. The fraction of sp³-hybridized carbons (Fsp3) is 0.364. The van der Waals surface area contributed by atoms with Crippen molar-refractivity contribution in [2.24, 2.45) is 0 Å². The van der Waals surface area contributed by atoms with Gasteiger partial charge in [-0.1, -0.05) is 0 Å². The molecule has 0 unspecified atom stereocenters. The monoisotopic (exact) mass is 252 g/mol. The number of fused-ring (bicyclic) bond motifs is 1. The zero-order valence-corrected chi connectivity index (χ0v) is 9.79. The van der Waals surface area contributed by atoms with E-state index in [1.807, 2.05) is 0 Å². The highest BCUT2D eigenvalue weighted by Crippen LogP contribution is 2.34. The molecule has 0 bridgehead atoms. The predicted molar refractivity (Wildman–Crippen MR) is 62.8 cm³/mol. The number of carbonyl (C=O) groups is 1. The lowest BCUT2D eigenvalue weighted by atomic mass is 10.2. The Bertz CT molecular complexity index is 488. The Morgan fingerprint density at radius 3 is 3.06 bits per heavy atom. The molecule has 1 aliphatic heterocycles. The molecule has 1 aromatic carbocycles. The molecule has 1 aliphatic rings. The highest BCUT2D eigenvalue weighted by Gasteiger charge is 2.25. The second-order valence-electron chi connectivity index (χ2n) is 3.74. The van der Waals surface area contributed by atoms with Crippen LogP contribution < -0.4 is 9.64 Å². The van der Waals surface area contributed by atoms with Crippen molar-refractivity contribution in [1.82, 2.24) is 0 Å². The average Bonchev–Trinajstić information content (AvgIpc) is 2.37. The van der Waals surface area contributed by atoms with E-state index in [0.717, 1.165) is 0 Å². The first kappa shape index (κ1) is 12.3. The number of hydrogen-bond acceptors (Lipinski definition) is 5. The number of nitro groups is 1. The Hall–Kier alpha value is -2.15. The lowest BCUT2D eigenvalue weighted by Gasteiger charge is -2.29. The van der Waals surface area contributed by atoms with Gasteiger partial charge in [-0.05, 0) is 6.07 Å². The number of amides is 1. The third kappa shape index (κ3) is 2.25. The minimum Gasteiger partial charge on any atom is -0.490 e. The Morgan fingerprint density at radius 2 is 2.39 bits per heavy atom. The molecule has 0 spiro atoms. The second-order valence-corrected chi connectivity index (χ2v) is 3.74. The van der Waals surface area contributed by atoms with E-state index in [4.69, 9.17) is 9.47 Å². The molecule has 0 fully saturated rings. The lowest BCUT2D eigenvalue weighted by Crippen LogP contribution is -2.39. The topological polar surface area (TPSA) is 81.9 Å². The zero-order valence-electron chi connectivity index (χ0n) is 9.79. The predicted octanol–water partition coefficient (Wildman–Crippen LogP) is 0.967. The van der Waals surface area contributed by atoms with Crippen molar-refractivity contribution < 1.29 is 19.2 Å². The maximum atomic E-state index is 11.8. The maximum absolute atomic E-state index is 11.8. The van der Waals surface area contributed by atoms with Crippen LogP contribution in [0.1, 0.15) is 0 Å². The summed E-state index contributed by atoms with van der Waals surface area (Å²) in [6, 6.07) is 4.19. The van der Waals surface area contributed by atoms with Gasteiger partial charge in [0.25, 0.3) is 11.6 Å². The summed E-state index contributed by atoms with van der Waals surface area (Å²) in [6.45, 7) is 0.652. The summed E-state index contributed by atoms with van der Waals surface area (Å²) < 4.78 is 10.1. The van der Waals surface area contributed by atoms with Crippen molar-refractivity contribution in [2.45, 2.75) is 0 Å². The molecule has 0 saturated heterocycles.